The summed E-state index contributed by atoms with van der Waals surface area (Å²) < 4.78 is 26.1. The van der Waals surface area contributed by atoms with E-state index in [1.54, 1.807) is 22.8 Å². The van der Waals surface area contributed by atoms with Crippen LogP contribution in [-0.2, 0) is 25.5 Å². The van der Waals surface area contributed by atoms with Crippen LogP contribution >= 0.6 is 0 Å². The maximum absolute atomic E-state index is 14.3. The summed E-state index contributed by atoms with van der Waals surface area (Å²) in [6, 6.07) is 4.57. The zero-order valence-electron chi connectivity index (χ0n) is 25.5. The molecule has 3 fully saturated rings. The van der Waals surface area contributed by atoms with Gasteiger partial charge >= 0.3 is 6.09 Å². The third-order valence-corrected chi connectivity index (χ3v) is 8.11. The number of carbonyl (C=O) groups excluding carboxylic acids is 3. The number of ether oxygens (including phenoxy) is 2. The molecule has 228 valence electrons. The second kappa shape index (κ2) is 13.1. The normalized spacial score (nSPS) is 25.4. The van der Waals surface area contributed by atoms with E-state index in [0.717, 1.165) is 30.5 Å². The maximum atomic E-state index is 14.3. The number of likely N-dealkylation sites (tertiary alicyclic amines) is 1. The van der Waals surface area contributed by atoms with Crippen LogP contribution in [0.5, 0.6) is 0 Å². The number of piperazine rings is 1. The molecule has 0 aliphatic carbocycles. The largest absolute Gasteiger partial charge is 0.444 e. The lowest BCUT2D eigenvalue weighted by Crippen LogP contribution is -2.58. The number of aryl methyl sites for hydroxylation is 1. The number of unbranched alkanes of at least 4 members (excludes halogenated alkanes) is 1. The topological polar surface area (TPSA) is 94.7 Å². The van der Waals surface area contributed by atoms with Crippen LogP contribution in [0, 0.1) is 18.7 Å². The molecular weight excluding hydrogens is 527 g/mol. The highest BCUT2D eigenvalue weighted by molar-refractivity contribution is 5.78. The van der Waals surface area contributed by atoms with Crippen LogP contribution in [0.1, 0.15) is 71.4 Å². The molecule has 0 spiro atoms. The van der Waals surface area contributed by atoms with Crippen molar-refractivity contribution < 1.29 is 28.2 Å². The molecule has 3 amide bonds. The molecule has 9 nitrogen and oxygen atoms in total. The van der Waals surface area contributed by atoms with Crippen molar-refractivity contribution in [2.24, 2.45) is 5.92 Å². The number of amides is 3. The Morgan fingerprint density at radius 2 is 1.95 bits per heavy atom. The highest BCUT2D eigenvalue weighted by Gasteiger charge is 2.50. The van der Waals surface area contributed by atoms with Crippen molar-refractivity contribution in [2.45, 2.75) is 104 Å². The van der Waals surface area contributed by atoms with Gasteiger partial charge in [0.15, 0.2) is 0 Å². The Hall–Kier alpha value is -2.72. The molecule has 10 heteroatoms. The first kappa shape index (κ1) is 31.2. The lowest BCUT2D eigenvalue weighted by atomic mass is 9.95. The summed E-state index contributed by atoms with van der Waals surface area (Å²) in [5, 5.41) is 3.62. The summed E-state index contributed by atoms with van der Waals surface area (Å²) in [5.41, 5.74) is 1.04. The summed E-state index contributed by atoms with van der Waals surface area (Å²) >= 11 is 0. The number of carbonyl (C=O) groups is 3. The fourth-order valence-corrected chi connectivity index (χ4v) is 6.09. The Kier molecular flexibility index (Phi) is 9.95. The Morgan fingerprint density at radius 3 is 2.61 bits per heavy atom. The summed E-state index contributed by atoms with van der Waals surface area (Å²) in [5.74, 6) is -0.000883. The summed E-state index contributed by atoms with van der Waals surface area (Å²) in [6.45, 7) is 13.8. The molecule has 3 aliphatic heterocycles. The monoisotopic (exact) mass is 574 g/mol. The standard InChI is InChI=1S/C31H47FN4O5/c1-7-8-9-35-18-23(16-27(35)38)28-29(40-28)33-25(15-22-12-20(2)13-24(32)14-22)17-26-19-34(21(3)37)10-11-36(26)30(39)41-31(4,5)6/h12-14,23,25-26,28-29,33H,7-11,15-19H2,1-6H3/t23?,25?,26-,28+,29?/m0/s1. The van der Waals surface area contributed by atoms with Gasteiger partial charge < -0.3 is 24.2 Å². The van der Waals surface area contributed by atoms with Crippen LogP contribution in [0.3, 0.4) is 0 Å². The molecule has 3 unspecified atom stereocenters. The minimum Gasteiger partial charge on any atom is -0.444 e. The van der Waals surface area contributed by atoms with Crippen molar-refractivity contribution >= 4 is 17.9 Å². The predicted molar refractivity (Wildman–Crippen MR) is 154 cm³/mol. The number of nitrogens with one attached hydrogen (secondary N) is 1. The first-order chi connectivity index (χ1) is 19.3. The number of hydrogen-bond acceptors (Lipinski definition) is 6. The van der Waals surface area contributed by atoms with Crippen LogP contribution in [0.15, 0.2) is 18.2 Å². The first-order valence-electron chi connectivity index (χ1n) is 15.0. The van der Waals surface area contributed by atoms with E-state index in [1.165, 1.54) is 6.07 Å². The molecule has 0 bridgehead atoms. The quantitative estimate of drug-likeness (QED) is 0.427. The maximum Gasteiger partial charge on any atom is 0.410 e. The fraction of sp³-hybridized carbons (Fsp3) is 0.710. The third kappa shape index (κ3) is 8.64. The van der Waals surface area contributed by atoms with Gasteiger partial charge in [0.05, 0.1) is 6.04 Å². The molecule has 5 atom stereocenters. The van der Waals surface area contributed by atoms with Crippen LogP contribution < -0.4 is 5.32 Å². The number of nitrogens with zero attached hydrogens (tertiary/aromatic N) is 3. The summed E-state index contributed by atoms with van der Waals surface area (Å²) in [4.78, 5) is 43.4. The Morgan fingerprint density at radius 1 is 1.20 bits per heavy atom. The van der Waals surface area contributed by atoms with Gasteiger partial charge in [-0.2, -0.15) is 0 Å². The van der Waals surface area contributed by atoms with Crippen molar-refractivity contribution in [3.05, 3.63) is 35.1 Å². The van der Waals surface area contributed by atoms with E-state index in [2.05, 4.69) is 12.2 Å². The molecule has 4 rings (SSSR count). The fourth-order valence-electron chi connectivity index (χ4n) is 6.09. The van der Waals surface area contributed by atoms with Crippen molar-refractivity contribution in [3.8, 4) is 0 Å². The SMILES string of the molecule is CCCCN1CC([C@H]2OC2NC(Cc2cc(C)cc(F)c2)C[C@H]2CN(C(C)=O)CCN2C(=O)OC(C)(C)C)CC1=O. The highest BCUT2D eigenvalue weighted by atomic mass is 19.1. The van der Waals surface area contributed by atoms with Crippen molar-refractivity contribution in [3.63, 3.8) is 0 Å². The summed E-state index contributed by atoms with van der Waals surface area (Å²) in [7, 11) is 0. The number of epoxide rings is 1. The van der Waals surface area contributed by atoms with Gasteiger partial charge in [-0.25, -0.2) is 9.18 Å². The Labute approximate surface area is 243 Å². The van der Waals surface area contributed by atoms with Gasteiger partial charge in [0.25, 0.3) is 0 Å². The Bertz CT molecular complexity index is 1090. The van der Waals surface area contributed by atoms with Crippen LogP contribution in [0.2, 0.25) is 0 Å². The smallest absolute Gasteiger partial charge is 0.410 e. The zero-order chi connectivity index (χ0) is 29.9. The van der Waals surface area contributed by atoms with Crippen molar-refractivity contribution in [1.82, 2.24) is 20.0 Å². The van der Waals surface area contributed by atoms with E-state index in [-0.39, 0.29) is 48.0 Å². The van der Waals surface area contributed by atoms with E-state index < -0.39 is 11.7 Å². The molecule has 0 radical (unpaired) electrons. The van der Waals surface area contributed by atoms with E-state index in [0.29, 0.717) is 45.4 Å². The molecule has 3 heterocycles. The number of halogens is 1. The highest BCUT2D eigenvalue weighted by Crippen LogP contribution is 2.35. The second-order valence-electron chi connectivity index (χ2n) is 12.9. The van der Waals surface area contributed by atoms with E-state index >= 15 is 0 Å². The van der Waals surface area contributed by atoms with Crippen molar-refractivity contribution in [1.29, 1.82) is 0 Å². The van der Waals surface area contributed by atoms with Gasteiger partial charge in [-0.3, -0.25) is 14.9 Å². The van der Waals surface area contributed by atoms with E-state index in [9.17, 15) is 18.8 Å². The average Bonchev–Trinajstić information content (AvgIpc) is 3.52. The first-order valence-corrected chi connectivity index (χ1v) is 15.0. The third-order valence-electron chi connectivity index (χ3n) is 8.11. The number of rotatable bonds is 10. The van der Waals surface area contributed by atoms with Gasteiger partial charge in [0.1, 0.15) is 23.8 Å². The molecule has 0 aromatic heterocycles. The average molecular weight is 575 g/mol. The molecule has 1 aromatic rings. The van der Waals surface area contributed by atoms with Gasteiger partial charge in [-0.1, -0.05) is 19.4 Å². The molecule has 1 N–H and O–H groups in total. The molecule has 3 saturated heterocycles. The Balaban J connectivity index is 1.50. The summed E-state index contributed by atoms with van der Waals surface area (Å²) in [6.07, 6.45) is 2.89. The zero-order valence-corrected chi connectivity index (χ0v) is 25.5. The van der Waals surface area contributed by atoms with Crippen molar-refractivity contribution in [2.75, 3.05) is 32.7 Å². The predicted octanol–water partition coefficient (Wildman–Crippen LogP) is 3.87. The molecule has 41 heavy (non-hydrogen) atoms. The molecule has 0 saturated carbocycles. The number of hydrogen-bond donors (Lipinski definition) is 1. The van der Waals surface area contributed by atoms with E-state index in [1.807, 2.05) is 38.7 Å². The molecule has 1 aromatic carbocycles. The van der Waals surface area contributed by atoms with Gasteiger partial charge in [-0.15, -0.1) is 0 Å². The van der Waals surface area contributed by atoms with Gasteiger partial charge in [0, 0.05) is 58.0 Å². The van der Waals surface area contributed by atoms with Crippen LogP contribution in [-0.4, -0.2) is 95.3 Å². The van der Waals surface area contributed by atoms with Crippen LogP contribution in [0.4, 0.5) is 9.18 Å². The number of benzene rings is 1. The minimum atomic E-state index is -0.644. The van der Waals surface area contributed by atoms with Crippen LogP contribution in [0.25, 0.3) is 0 Å². The van der Waals surface area contributed by atoms with Gasteiger partial charge in [0.2, 0.25) is 11.8 Å². The molecule has 3 aliphatic rings. The van der Waals surface area contributed by atoms with Gasteiger partial charge in [-0.05, 0) is 70.2 Å². The second-order valence-corrected chi connectivity index (χ2v) is 12.9. The molecular formula is C31H47FN4O5. The lowest BCUT2D eigenvalue weighted by Gasteiger charge is -2.42. The minimum absolute atomic E-state index is 0.0341. The van der Waals surface area contributed by atoms with E-state index in [4.69, 9.17) is 9.47 Å². The lowest BCUT2D eigenvalue weighted by molar-refractivity contribution is -0.132.